The fraction of sp³-hybridized carbons (Fsp3) is 0.950. The van der Waals surface area contributed by atoms with Crippen LogP contribution in [0.1, 0.15) is 168 Å². The fourth-order valence-corrected chi connectivity index (χ4v) is 7.92. The van der Waals surface area contributed by atoms with E-state index in [2.05, 4.69) is 13.8 Å². The number of rotatable bonds is 40. The van der Waals surface area contributed by atoms with Crippen LogP contribution in [0.15, 0.2) is 0 Å². The number of hydrogen-bond donors (Lipinski definition) is 0. The Morgan fingerprint density at radius 3 is 1.37 bits per heavy atom. The minimum Gasteiger partial charge on any atom is -0.756 e. The number of phosphoric acid groups is 1. The molecule has 0 aliphatic heterocycles. The molecule has 0 rings (SSSR count). The Hall–Kier alpha value is -0.290. The standard InChI is InChI=1S/C40H80NO8PS2/c1-6-8-10-12-14-16-18-20-22-24-26-28-32-51-36-39(42)46-34-38(35-48-50(44,45)47-31-30-41(3,4)5)49-40(43)37-52-33-29-27-25-23-21-19-17-15-13-11-9-7-2/h38H,6-37H2,1-5H3/t38-/m1/s1. The molecule has 0 radical (unpaired) electrons. The highest BCUT2D eigenvalue weighted by atomic mass is 32.2. The second-order valence-electron chi connectivity index (χ2n) is 15.3. The van der Waals surface area contributed by atoms with Crippen molar-refractivity contribution in [3.8, 4) is 0 Å². The van der Waals surface area contributed by atoms with Crippen LogP contribution in [-0.4, -0.2) is 93.0 Å². The minimum atomic E-state index is -4.62. The van der Waals surface area contributed by atoms with E-state index in [1.807, 2.05) is 21.1 Å². The molecule has 2 atom stereocenters. The Labute approximate surface area is 328 Å². The molecule has 9 nitrogen and oxygen atoms in total. The number of carbonyl (C=O) groups excluding carboxylic acids is 2. The van der Waals surface area contributed by atoms with Gasteiger partial charge >= 0.3 is 11.9 Å². The highest BCUT2D eigenvalue weighted by Crippen LogP contribution is 2.38. The number of ether oxygens (including phenoxy) is 2. The molecule has 0 fully saturated rings. The third-order valence-corrected chi connectivity index (χ3v) is 11.9. The van der Waals surface area contributed by atoms with E-state index < -0.39 is 32.5 Å². The predicted molar refractivity (Wildman–Crippen MR) is 220 cm³/mol. The average Bonchev–Trinajstić information content (AvgIpc) is 3.09. The minimum absolute atomic E-state index is 0.0318. The van der Waals surface area contributed by atoms with Crippen LogP contribution in [0.4, 0.5) is 0 Å². The molecule has 0 N–H and O–H groups in total. The maximum absolute atomic E-state index is 12.6. The number of nitrogens with zero attached hydrogens (tertiary/aromatic N) is 1. The monoisotopic (exact) mass is 798 g/mol. The Bertz CT molecular complexity index is 877. The number of unbranched alkanes of at least 4 members (excludes halogenated alkanes) is 22. The van der Waals surface area contributed by atoms with E-state index in [0.717, 1.165) is 37.2 Å². The SMILES string of the molecule is CCCCCCCCCCCCCCSCC(=O)OC[C@H](COP(=O)([O-])OCC[N+](C)(C)C)OC(=O)CSCCCCCCCCCCCCCC. The van der Waals surface area contributed by atoms with Gasteiger partial charge in [-0.05, 0) is 24.3 Å². The molecule has 0 spiro atoms. The first-order valence-corrected chi connectivity index (χ1v) is 24.7. The Kier molecular flexibility index (Phi) is 36.2. The van der Waals surface area contributed by atoms with Crippen molar-refractivity contribution >= 4 is 43.3 Å². The van der Waals surface area contributed by atoms with Gasteiger partial charge < -0.3 is 27.9 Å². The van der Waals surface area contributed by atoms with Crippen molar-refractivity contribution in [3.05, 3.63) is 0 Å². The molecule has 0 aliphatic carbocycles. The molecule has 310 valence electrons. The third-order valence-electron chi connectivity index (χ3n) is 8.88. The Balaban J connectivity index is 4.33. The summed E-state index contributed by atoms with van der Waals surface area (Å²) in [5.74, 6) is 1.18. The molecule has 0 aliphatic rings. The summed E-state index contributed by atoms with van der Waals surface area (Å²) < 4.78 is 33.8. The first-order valence-electron chi connectivity index (χ1n) is 20.9. The van der Waals surface area contributed by atoms with Gasteiger partial charge in [-0.1, -0.05) is 155 Å². The van der Waals surface area contributed by atoms with Crippen LogP contribution in [0, 0.1) is 0 Å². The van der Waals surface area contributed by atoms with Crippen molar-refractivity contribution < 1.29 is 42.1 Å². The number of phosphoric ester groups is 1. The molecule has 0 bridgehead atoms. The summed E-state index contributed by atoms with van der Waals surface area (Å²) in [5, 5.41) is 0. The van der Waals surface area contributed by atoms with Crippen molar-refractivity contribution in [1.29, 1.82) is 0 Å². The molecule has 0 aromatic rings. The summed E-state index contributed by atoms with van der Waals surface area (Å²) in [7, 11) is 1.16. The van der Waals surface area contributed by atoms with Crippen LogP contribution in [0.2, 0.25) is 0 Å². The zero-order chi connectivity index (χ0) is 38.6. The van der Waals surface area contributed by atoms with Crippen LogP contribution in [0.25, 0.3) is 0 Å². The molecule has 0 saturated heterocycles. The highest BCUT2D eigenvalue weighted by molar-refractivity contribution is 8.00. The average molecular weight is 798 g/mol. The van der Waals surface area contributed by atoms with Crippen LogP contribution >= 0.6 is 31.3 Å². The van der Waals surface area contributed by atoms with Crippen molar-refractivity contribution in [2.24, 2.45) is 0 Å². The first-order chi connectivity index (χ1) is 25.0. The van der Waals surface area contributed by atoms with Crippen LogP contribution in [0.5, 0.6) is 0 Å². The normalized spacial score (nSPS) is 13.6. The van der Waals surface area contributed by atoms with Crippen molar-refractivity contribution in [2.75, 3.05) is 70.5 Å². The summed E-state index contributed by atoms with van der Waals surface area (Å²) >= 11 is 3.03. The lowest BCUT2D eigenvalue weighted by atomic mass is 10.1. The Morgan fingerprint density at radius 2 is 0.962 bits per heavy atom. The molecule has 0 heterocycles. The zero-order valence-corrected chi connectivity index (χ0v) is 36.7. The summed E-state index contributed by atoms with van der Waals surface area (Å²) in [6.45, 7) is 4.20. The van der Waals surface area contributed by atoms with E-state index in [4.69, 9.17) is 18.5 Å². The second kappa shape index (κ2) is 36.4. The number of carbonyl (C=O) groups is 2. The first kappa shape index (κ1) is 51.7. The van der Waals surface area contributed by atoms with Gasteiger partial charge in [0, 0.05) is 0 Å². The molecule has 1 unspecified atom stereocenters. The highest BCUT2D eigenvalue weighted by Gasteiger charge is 2.22. The van der Waals surface area contributed by atoms with Gasteiger partial charge in [-0.3, -0.25) is 14.2 Å². The molecule has 0 amide bonds. The number of likely N-dealkylation sites (N-methyl/N-ethyl adjacent to an activating group) is 1. The van der Waals surface area contributed by atoms with Crippen molar-refractivity contribution in [3.63, 3.8) is 0 Å². The third kappa shape index (κ3) is 39.4. The van der Waals surface area contributed by atoms with Gasteiger partial charge in [0.1, 0.15) is 19.8 Å². The van der Waals surface area contributed by atoms with Gasteiger partial charge in [0.15, 0.2) is 6.10 Å². The number of hydrogen-bond acceptors (Lipinski definition) is 10. The van der Waals surface area contributed by atoms with E-state index in [9.17, 15) is 19.0 Å². The van der Waals surface area contributed by atoms with E-state index in [1.165, 1.54) is 152 Å². The molecule has 52 heavy (non-hydrogen) atoms. The quantitative estimate of drug-likeness (QED) is 0.0257. The fourth-order valence-electron chi connectivity index (χ4n) is 5.60. The number of esters is 2. The van der Waals surface area contributed by atoms with E-state index in [0.29, 0.717) is 11.0 Å². The smallest absolute Gasteiger partial charge is 0.316 e. The molecule has 0 saturated carbocycles. The van der Waals surface area contributed by atoms with Gasteiger partial charge in [0.2, 0.25) is 0 Å². The van der Waals surface area contributed by atoms with Crippen LogP contribution in [0.3, 0.4) is 0 Å². The summed E-state index contributed by atoms with van der Waals surface area (Å²) in [6, 6.07) is 0. The summed E-state index contributed by atoms with van der Waals surface area (Å²) in [5.41, 5.74) is 0. The predicted octanol–water partition coefficient (Wildman–Crippen LogP) is 10.5. The Morgan fingerprint density at radius 1 is 0.577 bits per heavy atom. The second-order valence-corrected chi connectivity index (χ2v) is 18.9. The van der Waals surface area contributed by atoms with E-state index >= 15 is 0 Å². The van der Waals surface area contributed by atoms with Crippen molar-refractivity contribution in [1.82, 2.24) is 0 Å². The number of thioether (sulfide) groups is 2. The van der Waals surface area contributed by atoms with E-state index in [-0.39, 0.29) is 24.7 Å². The molecular formula is C40H80NO8PS2. The maximum atomic E-state index is 12.6. The molecular weight excluding hydrogens is 718 g/mol. The lowest BCUT2D eigenvalue weighted by Gasteiger charge is -2.28. The van der Waals surface area contributed by atoms with Gasteiger partial charge in [0.25, 0.3) is 7.82 Å². The van der Waals surface area contributed by atoms with Gasteiger partial charge in [-0.15, -0.1) is 0 Å². The number of quaternary nitrogens is 1. The van der Waals surface area contributed by atoms with E-state index in [1.54, 1.807) is 0 Å². The van der Waals surface area contributed by atoms with Crippen LogP contribution < -0.4 is 4.89 Å². The largest absolute Gasteiger partial charge is 0.756 e. The lowest BCUT2D eigenvalue weighted by Crippen LogP contribution is -2.37. The summed E-state index contributed by atoms with van der Waals surface area (Å²) in [4.78, 5) is 37.4. The summed E-state index contributed by atoms with van der Waals surface area (Å²) in [6.07, 6.45) is 29.9. The topological polar surface area (TPSA) is 111 Å². The lowest BCUT2D eigenvalue weighted by molar-refractivity contribution is -0.870. The molecule has 0 aromatic carbocycles. The zero-order valence-electron chi connectivity index (χ0n) is 34.2. The van der Waals surface area contributed by atoms with Gasteiger partial charge in [0.05, 0.1) is 39.3 Å². The maximum Gasteiger partial charge on any atom is 0.316 e. The van der Waals surface area contributed by atoms with Crippen molar-refractivity contribution in [2.45, 2.75) is 174 Å². The molecule has 12 heteroatoms. The van der Waals surface area contributed by atoms with Gasteiger partial charge in [-0.25, -0.2) is 0 Å². The molecule has 0 aromatic heterocycles. The van der Waals surface area contributed by atoms with Crippen LogP contribution in [-0.2, 0) is 32.7 Å². The van der Waals surface area contributed by atoms with Gasteiger partial charge in [-0.2, -0.15) is 23.5 Å².